The molecule has 1 aliphatic carbocycles. The normalized spacial score (nSPS) is 28.2. The first-order valence-electron chi connectivity index (χ1n) is 8.21. The van der Waals surface area contributed by atoms with Gasteiger partial charge in [0.25, 0.3) is 0 Å². The van der Waals surface area contributed by atoms with E-state index in [9.17, 15) is 0 Å². The fourth-order valence-electron chi connectivity index (χ4n) is 3.25. The summed E-state index contributed by atoms with van der Waals surface area (Å²) in [4.78, 5) is 4.80. The lowest BCUT2D eigenvalue weighted by Gasteiger charge is -2.26. The zero-order valence-electron chi connectivity index (χ0n) is 13.8. The summed E-state index contributed by atoms with van der Waals surface area (Å²) in [5, 5.41) is 6.81. The van der Waals surface area contributed by atoms with Crippen molar-refractivity contribution < 1.29 is 4.74 Å². The van der Waals surface area contributed by atoms with E-state index in [0.29, 0.717) is 5.41 Å². The molecule has 1 unspecified atom stereocenters. The van der Waals surface area contributed by atoms with Crippen LogP contribution in [-0.4, -0.2) is 37.8 Å². The average Bonchev–Trinajstić information content (AvgIpc) is 3.03. The van der Waals surface area contributed by atoms with Crippen LogP contribution in [0.4, 0.5) is 0 Å². The molecule has 2 N–H and O–H groups in total. The molecule has 0 amide bonds. The molecule has 0 aromatic heterocycles. The fourth-order valence-corrected chi connectivity index (χ4v) is 3.25. The van der Waals surface area contributed by atoms with Gasteiger partial charge in [0, 0.05) is 26.2 Å². The molecule has 1 saturated heterocycles. The summed E-state index contributed by atoms with van der Waals surface area (Å²) < 4.78 is 5.82. The molecule has 21 heavy (non-hydrogen) atoms. The van der Waals surface area contributed by atoms with E-state index in [4.69, 9.17) is 9.73 Å². The van der Waals surface area contributed by atoms with Gasteiger partial charge in [0.2, 0.25) is 0 Å². The highest BCUT2D eigenvalue weighted by Crippen LogP contribution is 2.37. The van der Waals surface area contributed by atoms with E-state index >= 15 is 0 Å². The Morgan fingerprint density at radius 1 is 1.10 bits per heavy atom. The Balaban J connectivity index is 0.00000220. The number of nitrogens with zero attached hydrogens (tertiary/aromatic N) is 1. The van der Waals surface area contributed by atoms with Gasteiger partial charge in [0.1, 0.15) is 0 Å². The minimum Gasteiger partial charge on any atom is -0.373 e. The molecule has 1 saturated carbocycles. The van der Waals surface area contributed by atoms with Gasteiger partial charge in [-0.05, 0) is 44.9 Å². The third-order valence-electron chi connectivity index (χ3n) is 4.70. The van der Waals surface area contributed by atoms with Crippen molar-refractivity contribution in [1.82, 2.24) is 10.6 Å². The average molecular weight is 409 g/mol. The van der Waals surface area contributed by atoms with Gasteiger partial charge in [0.05, 0.1) is 5.60 Å². The van der Waals surface area contributed by atoms with E-state index in [1.807, 2.05) is 0 Å². The zero-order chi connectivity index (χ0) is 14.5. The molecule has 1 aliphatic heterocycles. The fraction of sp³-hybridized carbons (Fsp3) is 0.938. The van der Waals surface area contributed by atoms with Crippen LogP contribution >= 0.6 is 24.0 Å². The molecule has 0 aromatic carbocycles. The maximum atomic E-state index is 5.82. The first-order valence-corrected chi connectivity index (χ1v) is 8.21. The second kappa shape index (κ2) is 8.56. The van der Waals surface area contributed by atoms with E-state index in [2.05, 4.69) is 31.4 Å². The number of hydrogen-bond acceptors (Lipinski definition) is 2. The predicted molar refractivity (Wildman–Crippen MR) is 99.6 cm³/mol. The Bertz CT molecular complexity index is 334. The first-order chi connectivity index (χ1) is 9.55. The second-order valence-corrected chi connectivity index (χ2v) is 6.97. The van der Waals surface area contributed by atoms with Gasteiger partial charge in [-0.25, -0.2) is 0 Å². The maximum absolute atomic E-state index is 5.82. The SMILES string of the molecule is CCNC(=NCC1(C)CCCC1)NCC1(C)CCCO1.I. The lowest BCUT2D eigenvalue weighted by molar-refractivity contribution is 0.0242. The van der Waals surface area contributed by atoms with Crippen LogP contribution in [0.2, 0.25) is 0 Å². The highest BCUT2D eigenvalue weighted by molar-refractivity contribution is 14.0. The van der Waals surface area contributed by atoms with Crippen LogP contribution < -0.4 is 10.6 Å². The van der Waals surface area contributed by atoms with Crippen LogP contribution in [0.15, 0.2) is 4.99 Å². The Morgan fingerprint density at radius 2 is 1.81 bits per heavy atom. The van der Waals surface area contributed by atoms with Crippen molar-refractivity contribution in [3.63, 3.8) is 0 Å². The van der Waals surface area contributed by atoms with Crippen molar-refractivity contribution in [2.75, 3.05) is 26.2 Å². The minimum absolute atomic E-state index is 0. The molecular weight excluding hydrogens is 377 g/mol. The quantitative estimate of drug-likeness (QED) is 0.416. The summed E-state index contributed by atoms with van der Waals surface area (Å²) in [5.41, 5.74) is 0.392. The molecule has 0 spiro atoms. The second-order valence-electron chi connectivity index (χ2n) is 6.97. The first kappa shape index (κ1) is 19.0. The Labute approximate surface area is 146 Å². The molecule has 5 heteroatoms. The number of hydrogen-bond donors (Lipinski definition) is 2. The zero-order valence-corrected chi connectivity index (χ0v) is 16.2. The van der Waals surface area contributed by atoms with E-state index in [1.165, 1.54) is 32.1 Å². The minimum atomic E-state index is -0.0204. The number of guanidine groups is 1. The van der Waals surface area contributed by atoms with E-state index in [0.717, 1.165) is 38.6 Å². The number of aliphatic imine (C=N–C) groups is 1. The summed E-state index contributed by atoms with van der Waals surface area (Å²) in [5.74, 6) is 0.942. The van der Waals surface area contributed by atoms with Crippen LogP contribution in [0, 0.1) is 5.41 Å². The van der Waals surface area contributed by atoms with Gasteiger partial charge in [-0.2, -0.15) is 0 Å². The van der Waals surface area contributed by atoms with Gasteiger partial charge in [-0.15, -0.1) is 24.0 Å². The Kier molecular flexibility index (Phi) is 7.74. The summed E-state index contributed by atoms with van der Waals surface area (Å²) >= 11 is 0. The highest BCUT2D eigenvalue weighted by Gasteiger charge is 2.30. The standard InChI is InChI=1S/C16H31N3O.HI/c1-4-17-14(18-12-15(2)8-5-6-9-15)19-13-16(3)10-7-11-20-16;/h4-13H2,1-3H3,(H2,17,18,19);1H. The number of ether oxygens (including phenoxy) is 1. The van der Waals surface area contributed by atoms with Gasteiger partial charge in [-0.1, -0.05) is 19.8 Å². The van der Waals surface area contributed by atoms with Crippen LogP contribution in [0.5, 0.6) is 0 Å². The Hall–Kier alpha value is -0.0400. The summed E-state index contributed by atoms with van der Waals surface area (Å²) in [6.45, 7) is 10.2. The number of rotatable bonds is 5. The molecule has 0 aromatic rings. The molecule has 2 rings (SSSR count). The molecular formula is C16H32IN3O. The lowest BCUT2D eigenvalue weighted by atomic mass is 9.89. The molecule has 1 heterocycles. The summed E-state index contributed by atoms with van der Waals surface area (Å²) in [6.07, 6.45) is 7.66. The smallest absolute Gasteiger partial charge is 0.191 e. The molecule has 2 fully saturated rings. The van der Waals surface area contributed by atoms with Crippen molar-refractivity contribution in [2.24, 2.45) is 10.4 Å². The van der Waals surface area contributed by atoms with Crippen molar-refractivity contribution in [2.45, 2.75) is 64.9 Å². The van der Waals surface area contributed by atoms with Crippen molar-refractivity contribution in [3.8, 4) is 0 Å². The van der Waals surface area contributed by atoms with E-state index in [-0.39, 0.29) is 29.6 Å². The van der Waals surface area contributed by atoms with Crippen LogP contribution in [-0.2, 0) is 4.74 Å². The third kappa shape index (κ3) is 5.93. The van der Waals surface area contributed by atoms with Gasteiger partial charge in [-0.3, -0.25) is 4.99 Å². The number of nitrogens with one attached hydrogen (secondary N) is 2. The van der Waals surface area contributed by atoms with Crippen LogP contribution in [0.25, 0.3) is 0 Å². The Morgan fingerprint density at radius 3 is 2.38 bits per heavy atom. The topological polar surface area (TPSA) is 45.7 Å². The highest BCUT2D eigenvalue weighted by atomic mass is 127. The molecule has 0 radical (unpaired) electrons. The molecule has 124 valence electrons. The van der Waals surface area contributed by atoms with Crippen LogP contribution in [0.3, 0.4) is 0 Å². The maximum Gasteiger partial charge on any atom is 0.191 e. The molecule has 4 nitrogen and oxygen atoms in total. The lowest BCUT2D eigenvalue weighted by Crippen LogP contribution is -2.45. The van der Waals surface area contributed by atoms with Gasteiger partial charge in [0.15, 0.2) is 5.96 Å². The largest absolute Gasteiger partial charge is 0.373 e. The van der Waals surface area contributed by atoms with E-state index in [1.54, 1.807) is 0 Å². The van der Waals surface area contributed by atoms with Crippen molar-refractivity contribution >= 4 is 29.9 Å². The van der Waals surface area contributed by atoms with Crippen LogP contribution in [0.1, 0.15) is 59.3 Å². The molecule has 0 bridgehead atoms. The van der Waals surface area contributed by atoms with Gasteiger partial charge >= 0.3 is 0 Å². The monoisotopic (exact) mass is 409 g/mol. The predicted octanol–water partition coefficient (Wildman–Crippen LogP) is 3.31. The molecule has 1 atom stereocenters. The molecule has 2 aliphatic rings. The third-order valence-corrected chi connectivity index (χ3v) is 4.70. The van der Waals surface area contributed by atoms with Crippen molar-refractivity contribution in [1.29, 1.82) is 0 Å². The summed E-state index contributed by atoms with van der Waals surface area (Å²) in [6, 6.07) is 0. The summed E-state index contributed by atoms with van der Waals surface area (Å²) in [7, 11) is 0. The van der Waals surface area contributed by atoms with E-state index < -0.39 is 0 Å². The number of halogens is 1. The van der Waals surface area contributed by atoms with Gasteiger partial charge < -0.3 is 15.4 Å². The van der Waals surface area contributed by atoms with Crippen molar-refractivity contribution in [3.05, 3.63) is 0 Å².